The second-order valence-electron chi connectivity index (χ2n) is 7.04. The molecule has 0 heterocycles. The molecule has 27 heavy (non-hydrogen) atoms. The Bertz CT molecular complexity index is 858. The number of anilines is 1. The van der Waals surface area contributed by atoms with Crippen molar-refractivity contribution in [3.63, 3.8) is 0 Å². The first-order valence-corrected chi connectivity index (χ1v) is 10.5. The van der Waals surface area contributed by atoms with Gasteiger partial charge in [-0.1, -0.05) is 38.1 Å². The Labute approximate surface area is 163 Å². The summed E-state index contributed by atoms with van der Waals surface area (Å²) < 4.78 is 38.1. The highest BCUT2D eigenvalue weighted by molar-refractivity contribution is 7.93. The normalized spacial score (nSPS) is 11.7. The zero-order valence-electron chi connectivity index (χ0n) is 16.9. The SMILES string of the molecule is COc1ccc(N(Cc2ccc(C(C)C)cc2)S(=O)(=O)C(C)C)cc1OC. The van der Waals surface area contributed by atoms with Crippen LogP contribution < -0.4 is 13.8 Å². The lowest BCUT2D eigenvalue weighted by molar-refractivity contribution is 0.355. The molecule has 0 aliphatic heterocycles. The van der Waals surface area contributed by atoms with Gasteiger partial charge < -0.3 is 9.47 Å². The summed E-state index contributed by atoms with van der Waals surface area (Å²) in [5.74, 6) is 1.49. The predicted octanol–water partition coefficient (Wildman–Crippen LogP) is 4.57. The van der Waals surface area contributed by atoms with Crippen LogP contribution in [0.1, 0.15) is 44.7 Å². The van der Waals surface area contributed by atoms with Crippen molar-refractivity contribution in [1.29, 1.82) is 0 Å². The van der Waals surface area contributed by atoms with Crippen molar-refractivity contribution in [2.24, 2.45) is 0 Å². The molecular formula is C21H29NO4S. The molecule has 0 bridgehead atoms. The summed E-state index contributed by atoms with van der Waals surface area (Å²) in [6.45, 7) is 7.90. The summed E-state index contributed by atoms with van der Waals surface area (Å²) in [7, 11) is -0.437. The van der Waals surface area contributed by atoms with E-state index in [9.17, 15) is 8.42 Å². The van der Waals surface area contributed by atoms with E-state index in [0.717, 1.165) is 5.56 Å². The quantitative estimate of drug-likeness (QED) is 0.661. The van der Waals surface area contributed by atoms with Crippen molar-refractivity contribution < 1.29 is 17.9 Å². The standard InChI is InChI=1S/C21H29NO4S/c1-15(2)18-9-7-17(8-10-18)14-22(27(23,24)16(3)4)19-11-12-20(25-5)21(13-19)26-6/h7-13,15-16H,14H2,1-6H3. The van der Waals surface area contributed by atoms with Gasteiger partial charge in [-0.3, -0.25) is 4.31 Å². The van der Waals surface area contributed by atoms with Crippen LogP contribution in [0.3, 0.4) is 0 Å². The van der Waals surface area contributed by atoms with Crippen LogP contribution in [0.5, 0.6) is 11.5 Å². The lowest BCUT2D eigenvalue weighted by Gasteiger charge is -2.27. The zero-order chi connectivity index (χ0) is 20.2. The third kappa shape index (κ3) is 4.75. The third-order valence-electron chi connectivity index (χ3n) is 4.53. The Hall–Kier alpha value is -2.21. The Morgan fingerprint density at radius 3 is 1.96 bits per heavy atom. The van der Waals surface area contributed by atoms with Gasteiger partial charge in [0.2, 0.25) is 10.0 Å². The molecule has 0 unspecified atom stereocenters. The molecule has 0 spiro atoms. The van der Waals surface area contributed by atoms with Crippen LogP contribution >= 0.6 is 0 Å². The molecule has 0 aromatic heterocycles. The van der Waals surface area contributed by atoms with Crippen molar-refractivity contribution in [1.82, 2.24) is 0 Å². The number of ether oxygens (including phenoxy) is 2. The Morgan fingerprint density at radius 1 is 0.889 bits per heavy atom. The van der Waals surface area contributed by atoms with Gasteiger partial charge in [0.15, 0.2) is 11.5 Å². The molecular weight excluding hydrogens is 362 g/mol. The molecule has 0 aliphatic carbocycles. The summed E-state index contributed by atoms with van der Waals surface area (Å²) >= 11 is 0. The molecule has 0 saturated heterocycles. The number of methoxy groups -OCH3 is 2. The number of hydrogen-bond acceptors (Lipinski definition) is 4. The molecule has 0 radical (unpaired) electrons. The average Bonchev–Trinajstić information content (AvgIpc) is 2.65. The molecule has 0 fully saturated rings. The Morgan fingerprint density at radius 2 is 1.48 bits per heavy atom. The molecule has 0 atom stereocenters. The van der Waals surface area contributed by atoms with Crippen LogP contribution in [0.15, 0.2) is 42.5 Å². The summed E-state index contributed by atoms with van der Waals surface area (Å²) in [5.41, 5.74) is 2.70. The van der Waals surface area contributed by atoms with Gasteiger partial charge in [-0.2, -0.15) is 0 Å². The first kappa shape index (κ1) is 21.1. The minimum Gasteiger partial charge on any atom is -0.493 e. The summed E-state index contributed by atoms with van der Waals surface area (Å²) in [5, 5.41) is -0.541. The van der Waals surface area contributed by atoms with E-state index in [4.69, 9.17) is 9.47 Å². The van der Waals surface area contributed by atoms with Gasteiger partial charge in [0.05, 0.1) is 31.7 Å². The largest absolute Gasteiger partial charge is 0.493 e. The Balaban J connectivity index is 2.46. The van der Waals surface area contributed by atoms with Gasteiger partial charge in [0, 0.05) is 6.07 Å². The number of benzene rings is 2. The second kappa shape index (κ2) is 8.65. The highest BCUT2D eigenvalue weighted by Gasteiger charge is 2.27. The van der Waals surface area contributed by atoms with Gasteiger partial charge >= 0.3 is 0 Å². The smallest absolute Gasteiger partial charge is 0.237 e. The Kier molecular flexibility index (Phi) is 6.76. The van der Waals surface area contributed by atoms with Crippen LogP contribution in [-0.2, 0) is 16.6 Å². The first-order chi connectivity index (χ1) is 12.7. The number of rotatable bonds is 8. The maximum absolute atomic E-state index is 13.0. The van der Waals surface area contributed by atoms with Gasteiger partial charge in [-0.15, -0.1) is 0 Å². The van der Waals surface area contributed by atoms with Crippen LogP contribution in [-0.4, -0.2) is 27.9 Å². The highest BCUT2D eigenvalue weighted by Crippen LogP contribution is 2.34. The van der Waals surface area contributed by atoms with E-state index in [1.54, 1.807) is 39.2 Å². The number of sulfonamides is 1. The lowest BCUT2D eigenvalue weighted by Crippen LogP contribution is -2.36. The minimum absolute atomic E-state index is 0.258. The molecule has 2 rings (SSSR count). The first-order valence-electron chi connectivity index (χ1n) is 9.03. The predicted molar refractivity (Wildman–Crippen MR) is 110 cm³/mol. The van der Waals surface area contributed by atoms with Gasteiger partial charge in [0.25, 0.3) is 0 Å². The van der Waals surface area contributed by atoms with Crippen molar-refractivity contribution in [2.45, 2.75) is 45.4 Å². The lowest BCUT2D eigenvalue weighted by atomic mass is 10.0. The maximum atomic E-state index is 13.0. The fraction of sp³-hybridized carbons (Fsp3) is 0.429. The van der Waals surface area contributed by atoms with Crippen LogP contribution in [0.4, 0.5) is 5.69 Å². The maximum Gasteiger partial charge on any atom is 0.237 e. The van der Waals surface area contributed by atoms with Crippen molar-refractivity contribution in [3.8, 4) is 11.5 Å². The van der Waals surface area contributed by atoms with E-state index in [2.05, 4.69) is 26.0 Å². The van der Waals surface area contributed by atoms with E-state index in [1.165, 1.54) is 17.0 Å². The van der Waals surface area contributed by atoms with Gasteiger partial charge in [-0.25, -0.2) is 8.42 Å². The molecule has 2 aromatic rings. The van der Waals surface area contributed by atoms with Gasteiger partial charge in [-0.05, 0) is 43.0 Å². The van der Waals surface area contributed by atoms with E-state index in [-0.39, 0.29) is 6.54 Å². The van der Waals surface area contributed by atoms with Crippen molar-refractivity contribution in [2.75, 3.05) is 18.5 Å². The summed E-state index contributed by atoms with van der Waals surface area (Å²) in [6, 6.07) is 13.2. The number of hydrogen-bond donors (Lipinski definition) is 0. The molecule has 0 saturated carbocycles. The van der Waals surface area contributed by atoms with Crippen LogP contribution in [0, 0.1) is 0 Å². The topological polar surface area (TPSA) is 55.8 Å². The molecule has 0 amide bonds. The molecule has 148 valence electrons. The summed E-state index contributed by atoms with van der Waals surface area (Å²) in [6.07, 6.45) is 0. The zero-order valence-corrected chi connectivity index (χ0v) is 17.7. The monoisotopic (exact) mass is 391 g/mol. The van der Waals surface area contributed by atoms with E-state index < -0.39 is 15.3 Å². The van der Waals surface area contributed by atoms with Crippen molar-refractivity contribution >= 4 is 15.7 Å². The molecule has 2 aromatic carbocycles. The third-order valence-corrected chi connectivity index (χ3v) is 6.68. The van der Waals surface area contributed by atoms with E-state index in [1.807, 2.05) is 12.1 Å². The van der Waals surface area contributed by atoms with E-state index in [0.29, 0.717) is 23.1 Å². The molecule has 0 aliphatic rings. The average molecular weight is 392 g/mol. The second-order valence-corrected chi connectivity index (χ2v) is 9.45. The molecule has 5 nitrogen and oxygen atoms in total. The minimum atomic E-state index is -3.52. The van der Waals surface area contributed by atoms with E-state index >= 15 is 0 Å². The highest BCUT2D eigenvalue weighted by atomic mass is 32.2. The number of nitrogens with zero attached hydrogens (tertiary/aromatic N) is 1. The van der Waals surface area contributed by atoms with Crippen LogP contribution in [0.2, 0.25) is 0 Å². The fourth-order valence-electron chi connectivity index (χ4n) is 2.74. The summed E-state index contributed by atoms with van der Waals surface area (Å²) in [4.78, 5) is 0. The molecule has 6 heteroatoms. The molecule has 0 N–H and O–H groups in total. The van der Waals surface area contributed by atoms with Crippen molar-refractivity contribution in [3.05, 3.63) is 53.6 Å². The van der Waals surface area contributed by atoms with Gasteiger partial charge in [0.1, 0.15) is 0 Å². The van der Waals surface area contributed by atoms with Crippen LogP contribution in [0.25, 0.3) is 0 Å². The fourth-order valence-corrected chi connectivity index (χ4v) is 3.98.